The van der Waals surface area contributed by atoms with Crippen molar-refractivity contribution in [3.8, 4) is 0 Å². The fourth-order valence-corrected chi connectivity index (χ4v) is 3.71. The van der Waals surface area contributed by atoms with Gasteiger partial charge in [-0.3, -0.25) is 19.3 Å². The van der Waals surface area contributed by atoms with Gasteiger partial charge in [0.1, 0.15) is 5.82 Å². The van der Waals surface area contributed by atoms with Crippen LogP contribution < -0.4 is 0 Å². The van der Waals surface area contributed by atoms with Gasteiger partial charge in [0, 0.05) is 24.2 Å². The summed E-state index contributed by atoms with van der Waals surface area (Å²) in [5.41, 5.74) is 2.37. The van der Waals surface area contributed by atoms with Gasteiger partial charge in [-0.05, 0) is 35.9 Å². The highest BCUT2D eigenvalue weighted by Crippen LogP contribution is 2.24. The molecule has 0 spiro atoms. The Morgan fingerprint density at radius 2 is 1.50 bits per heavy atom. The van der Waals surface area contributed by atoms with Crippen LogP contribution in [0.25, 0.3) is 0 Å². The minimum absolute atomic E-state index is 0.117. The van der Waals surface area contributed by atoms with E-state index in [1.165, 1.54) is 15.9 Å². The van der Waals surface area contributed by atoms with E-state index in [0.717, 1.165) is 5.56 Å². The normalized spacial score (nSPS) is 12.6. The van der Waals surface area contributed by atoms with Crippen molar-refractivity contribution >= 4 is 17.7 Å². The molecule has 0 saturated heterocycles. The Labute approximate surface area is 185 Å². The van der Waals surface area contributed by atoms with Crippen LogP contribution in [0.1, 0.15) is 42.2 Å². The van der Waals surface area contributed by atoms with Gasteiger partial charge in [-0.25, -0.2) is 4.39 Å². The minimum Gasteiger partial charge on any atom is -0.331 e. The van der Waals surface area contributed by atoms with Crippen molar-refractivity contribution in [2.75, 3.05) is 6.54 Å². The molecule has 6 heteroatoms. The number of benzene rings is 3. The van der Waals surface area contributed by atoms with Gasteiger partial charge in [-0.15, -0.1) is 6.58 Å². The van der Waals surface area contributed by atoms with Crippen LogP contribution in [0.4, 0.5) is 4.39 Å². The number of hydrogen-bond donors (Lipinski definition) is 0. The van der Waals surface area contributed by atoms with E-state index in [-0.39, 0.29) is 43.2 Å². The summed E-state index contributed by atoms with van der Waals surface area (Å²) in [4.78, 5) is 40.8. The van der Waals surface area contributed by atoms with Gasteiger partial charge in [0.05, 0.1) is 17.7 Å². The predicted molar refractivity (Wildman–Crippen MR) is 118 cm³/mol. The third kappa shape index (κ3) is 4.07. The van der Waals surface area contributed by atoms with E-state index in [0.29, 0.717) is 22.3 Å². The zero-order chi connectivity index (χ0) is 22.7. The first-order valence-electron chi connectivity index (χ1n) is 10.2. The van der Waals surface area contributed by atoms with Gasteiger partial charge >= 0.3 is 0 Å². The number of amides is 3. The van der Waals surface area contributed by atoms with E-state index in [1.807, 2.05) is 0 Å². The van der Waals surface area contributed by atoms with Gasteiger partial charge in [-0.1, -0.05) is 48.5 Å². The molecule has 0 aliphatic carbocycles. The fourth-order valence-electron chi connectivity index (χ4n) is 3.71. The second-order valence-electron chi connectivity index (χ2n) is 7.50. The van der Waals surface area contributed by atoms with E-state index >= 15 is 0 Å². The first-order chi connectivity index (χ1) is 15.5. The molecule has 0 atom stereocenters. The number of imide groups is 1. The molecule has 0 N–H and O–H groups in total. The lowest BCUT2D eigenvalue weighted by molar-refractivity contribution is 0.0641. The van der Waals surface area contributed by atoms with E-state index in [4.69, 9.17) is 0 Å². The van der Waals surface area contributed by atoms with Crippen LogP contribution in [0.3, 0.4) is 0 Å². The summed E-state index contributed by atoms with van der Waals surface area (Å²) >= 11 is 0. The molecule has 160 valence electrons. The van der Waals surface area contributed by atoms with Crippen LogP contribution in [-0.4, -0.2) is 34.1 Å². The minimum atomic E-state index is -0.370. The summed E-state index contributed by atoms with van der Waals surface area (Å²) in [6.07, 6.45) is 1.59. The first-order valence-corrected chi connectivity index (χ1v) is 10.2. The summed E-state index contributed by atoms with van der Waals surface area (Å²) in [7, 11) is 0. The van der Waals surface area contributed by atoms with E-state index in [2.05, 4.69) is 6.58 Å². The van der Waals surface area contributed by atoms with Crippen LogP contribution in [0.5, 0.6) is 0 Å². The molecule has 0 aromatic heterocycles. The lowest BCUT2D eigenvalue weighted by Gasteiger charge is -2.22. The maximum atomic E-state index is 14.0. The molecule has 32 heavy (non-hydrogen) atoms. The predicted octanol–water partition coefficient (Wildman–Crippen LogP) is 4.45. The average molecular weight is 428 g/mol. The maximum Gasteiger partial charge on any atom is 0.261 e. The SMILES string of the molecule is C=CCN(Cc1ccccc1F)C(=O)c1ccc(CN2C(=O)c3ccccc3C2=O)cc1. The van der Waals surface area contributed by atoms with Gasteiger partial charge in [-0.2, -0.15) is 0 Å². The third-order valence-electron chi connectivity index (χ3n) is 5.38. The lowest BCUT2D eigenvalue weighted by Crippen LogP contribution is -2.31. The number of rotatable bonds is 7. The molecule has 3 amide bonds. The van der Waals surface area contributed by atoms with Crippen LogP contribution >= 0.6 is 0 Å². The van der Waals surface area contributed by atoms with Crippen LogP contribution in [-0.2, 0) is 13.1 Å². The fraction of sp³-hybridized carbons (Fsp3) is 0.115. The molecule has 0 bridgehead atoms. The Kier molecular flexibility index (Phi) is 5.94. The van der Waals surface area contributed by atoms with Crippen molar-refractivity contribution in [2.45, 2.75) is 13.1 Å². The van der Waals surface area contributed by atoms with Gasteiger partial charge < -0.3 is 4.90 Å². The number of carbonyl (C=O) groups excluding carboxylic acids is 3. The second kappa shape index (κ2) is 8.98. The third-order valence-corrected chi connectivity index (χ3v) is 5.38. The van der Waals surface area contributed by atoms with Crippen LogP contribution in [0.15, 0.2) is 85.5 Å². The zero-order valence-corrected chi connectivity index (χ0v) is 17.3. The maximum absolute atomic E-state index is 14.0. The Balaban J connectivity index is 1.48. The summed E-state index contributed by atoms with van der Waals surface area (Å²) in [5.74, 6) is -1.29. The van der Waals surface area contributed by atoms with Gasteiger partial charge in [0.2, 0.25) is 0 Å². The zero-order valence-electron chi connectivity index (χ0n) is 17.3. The Bertz CT molecular complexity index is 1170. The molecular weight excluding hydrogens is 407 g/mol. The summed E-state index contributed by atoms with van der Waals surface area (Å²) in [6.45, 7) is 4.19. The van der Waals surface area contributed by atoms with Gasteiger partial charge in [0.15, 0.2) is 0 Å². The molecule has 0 fully saturated rings. The van der Waals surface area contributed by atoms with Crippen molar-refractivity contribution < 1.29 is 18.8 Å². The number of nitrogens with zero attached hydrogens (tertiary/aromatic N) is 2. The highest BCUT2D eigenvalue weighted by atomic mass is 19.1. The molecule has 0 saturated carbocycles. The van der Waals surface area contributed by atoms with Crippen molar-refractivity contribution in [1.29, 1.82) is 0 Å². The summed E-state index contributed by atoms with van der Waals surface area (Å²) in [6, 6.07) is 19.8. The second-order valence-corrected chi connectivity index (χ2v) is 7.50. The van der Waals surface area contributed by atoms with Gasteiger partial charge in [0.25, 0.3) is 17.7 Å². The van der Waals surface area contributed by atoms with Crippen LogP contribution in [0.2, 0.25) is 0 Å². The van der Waals surface area contributed by atoms with Crippen molar-refractivity contribution in [3.63, 3.8) is 0 Å². The monoisotopic (exact) mass is 428 g/mol. The van der Waals surface area contributed by atoms with Crippen molar-refractivity contribution in [1.82, 2.24) is 9.80 Å². The van der Waals surface area contributed by atoms with E-state index in [9.17, 15) is 18.8 Å². The molecule has 3 aromatic carbocycles. The molecule has 5 nitrogen and oxygen atoms in total. The molecule has 1 aliphatic heterocycles. The molecule has 1 aliphatic rings. The molecular formula is C26H21FN2O3. The van der Waals surface area contributed by atoms with Crippen LogP contribution in [0, 0.1) is 5.82 Å². The van der Waals surface area contributed by atoms with E-state index < -0.39 is 0 Å². The molecule has 4 rings (SSSR count). The van der Waals surface area contributed by atoms with Crippen molar-refractivity contribution in [2.24, 2.45) is 0 Å². The highest BCUT2D eigenvalue weighted by molar-refractivity contribution is 6.21. The Hall–Kier alpha value is -4.06. The number of fused-ring (bicyclic) bond motifs is 1. The molecule has 3 aromatic rings. The average Bonchev–Trinajstić information content (AvgIpc) is 3.05. The lowest BCUT2D eigenvalue weighted by atomic mass is 10.1. The van der Waals surface area contributed by atoms with Crippen molar-refractivity contribution in [3.05, 3.63) is 119 Å². The highest BCUT2D eigenvalue weighted by Gasteiger charge is 2.34. The standard InChI is InChI=1S/C26H21FN2O3/c1-2-15-28(17-20-7-3-6-10-23(20)27)24(30)19-13-11-18(12-14-19)16-29-25(31)21-8-4-5-9-22(21)26(29)32/h2-14H,1,15-17H2. The Morgan fingerprint density at radius 3 is 2.09 bits per heavy atom. The number of carbonyl (C=O) groups is 3. The van der Waals surface area contributed by atoms with E-state index in [1.54, 1.807) is 72.8 Å². The molecule has 1 heterocycles. The summed E-state index contributed by atoms with van der Waals surface area (Å²) < 4.78 is 14.0. The quantitative estimate of drug-likeness (QED) is 0.413. The number of halogens is 1. The topological polar surface area (TPSA) is 57.7 Å². The largest absolute Gasteiger partial charge is 0.331 e. The first kappa shape index (κ1) is 21.2. The number of hydrogen-bond acceptors (Lipinski definition) is 3. The molecule has 0 radical (unpaired) electrons. The summed E-state index contributed by atoms with van der Waals surface area (Å²) in [5, 5.41) is 0. The molecule has 0 unspecified atom stereocenters. The Morgan fingerprint density at radius 1 is 0.906 bits per heavy atom. The smallest absolute Gasteiger partial charge is 0.261 e.